The number of primary amides is 1. The molecule has 0 rings (SSSR count). The van der Waals surface area contributed by atoms with E-state index in [4.69, 9.17) is 17.3 Å². The predicted octanol–water partition coefficient (Wildman–Crippen LogP) is 4.00. The van der Waals surface area contributed by atoms with Crippen molar-refractivity contribution >= 4 is 17.5 Å². The quantitative estimate of drug-likeness (QED) is 0.435. The minimum Gasteiger partial charge on any atom is -0.368 e. The van der Waals surface area contributed by atoms with Gasteiger partial charge in [0.15, 0.2) is 0 Å². The minimum atomic E-state index is -0.468. The van der Waals surface area contributed by atoms with Gasteiger partial charge in [-0.2, -0.15) is 0 Å². The van der Waals surface area contributed by atoms with E-state index in [2.05, 4.69) is 6.92 Å². The molecule has 0 saturated carbocycles. The molecule has 3 heteroatoms. The number of unbranched alkanes of at least 4 members (excludes halogenated alkanes) is 8. The zero-order valence-corrected chi connectivity index (χ0v) is 11.3. The monoisotopic (exact) mass is 247 g/mol. The number of carbonyl (C=O) groups excluding carboxylic acids is 1. The maximum atomic E-state index is 10.7. The summed E-state index contributed by atoms with van der Waals surface area (Å²) < 4.78 is 0. The molecule has 0 bridgehead atoms. The highest BCUT2D eigenvalue weighted by Crippen LogP contribution is 2.12. The van der Waals surface area contributed by atoms with E-state index in [0.717, 1.165) is 12.8 Å². The van der Waals surface area contributed by atoms with Crippen LogP contribution in [0.1, 0.15) is 71.1 Å². The van der Waals surface area contributed by atoms with Gasteiger partial charge in [-0.3, -0.25) is 4.79 Å². The van der Waals surface area contributed by atoms with Crippen LogP contribution in [0.4, 0.5) is 0 Å². The molecule has 1 unspecified atom stereocenters. The number of hydrogen-bond donors (Lipinski definition) is 1. The van der Waals surface area contributed by atoms with Crippen molar-refractivity contribution in [3.63, 3.8) is 0 Å². The topological polar surface area (TPSA) is 43.1 Å². The Morgan fingerprint density at radius 2 is 1.44 bits per heavy atom. The van der Waals surface area contributed by atoms with Crippen molar-refractivity contribution < 1.29 is 4.79 Å². The van der Waals surface area contributed by atoms with E-state index in [1.54, 1.807) is 0 Å². The number of carbonyl (C=O) groups is 1. The molecule has 0 aliphatic rings. The summed E-state index contributed by atoms with van der Waals surface area (Å²) in [6, 6.07) is 0. The van der Waals surface area contributed by atoms with E-state index in [-0.39, 0.29) is 5.91 Å². The molecule has 0 aliphatic heterocycles. The van der Waals surface area contributed by atoms with E-state index in [0.29, 0.717) is 0 Å². The lowest BCUT2D eigenvalue weighted by Crippen LogP contribution is -2.23. The van der Waals surface area contributed by atoms with Crippen molar-refractivity contribution in [2.45, 2.75) is 76.5 Å². The third-order valence-electron chi connectivity index (χ3n) is 2.87. The van der Waals surface area contributed by atoms with Crippen molar-refractivity contribution in [3.8, 4) is 0 Å². The van der Waals surface area contributed by atoms with Crippen molar-refractivity contribution in [2.24, 2.45) is 5.73 Å². The Balaban J connectivity index is 3.07. The third-order valence-corrected chi connectivity index (χ3v) is 3.30. The number of hydrogen-bond acceptors (Lipinski definition) is 1. The molecule has 0 aromatic carbocycles. The van der Waals surface area contributed by atoms with Crippen LogP contribution in [0, 0.1) is 0 Å². The van der Waals surface area contributed by atoms with Crippen LogP contribution in [0.2, 0.25) is 0 Å². The molecule has 0 aliphatic carbocycles. The van der Waals surface area contributed by atoms with Gasteiger partial charge in [0.2, 0.25) is 5.91 Å². The van der Waals surface area contributed by atoms with Crippen molar-refractivity contribution in [3.05, 3.63) is 0 Å². The zero-order chi connectivity index (χ0) is 12.2. The molecule has 0 fully saturated rings. The predicted molar refractivity (Wildman–Crippen MR) is 70.7 cm³/mol. The third kappa shape index (κ3) is 10.3. The normalized spacial score (nSPS) is 12.6. The molecule has 2 nitrogen and oxygen atoms in total. The second kappa shape index (κ2) is 11.3. The Kier molecular flexibility index (Phi) is 11.1. The molecule has 2 N–H and O–H groups in total. The van der Waals surface area contributed by atoms with E-state index < -0.39 is 5.38 Å². The number of nitrogens with two attached hydrogens (primary N) is 1. The van der Waals surface area contributed by atoms with Gasteiger partial charge in [-0.1, -0.05) is 64.7 Å². The van der Waals surface area contributed by atoms with Gasteiger partial charge in [-0.25, -0.2) is 0 Å². The van der Waals surface area contributed by atoms with Crippen LogP contribution in [-0.4, -0.2) is 11.3 Å². The van der Waals surface area contributed by atoms with Crippen LogP contribution in [-0.2, 0) is 4.79 Å². The minimum absolute atomic E-state index is 0.388. The fraction of sp³-hybridized carbons (Fsp3) is 0.923. The highest BCUT2D eigenvalue weighted by atomic mass is 35.5. The van der Waals surface area contributed by atoms with Crippen LogP contribution >= 0.6 is 11.6 Å². The Morgan fingerprint density at radius 1 is 1.00 bits per heavy atom. The van der Waals surface area contributed by atoms with Gasteiger partial charge in [0.25, 0.3) is 0 Å². The number of amides is 1. The molecule has 96 valence electrons. The molecular formula is C13H26ClNO. The molecule has 1 amide bonds. The standard InChI is InChI=1S/C13H26ClNO/c1-2-3-4-5-6-7-8-9-10-11-12(14)13(15)16/h12H,2-11H2,1H3,(H2,15,16). The average molecular weight is 248 g/mol. The van der Waals surface area contributed by atoms with Crippen LogP contribution in [0.25, 0.3) is 0 Å². The summed E-state index contributed by atoms with van der Waals surface area (Å²) in [4.78, 5) is 10.7. The van der Waals surface area contributed by atoms with Crippen LogP contribution in [0.3, 0.4) is 0 Å². The molecule has 0 spiro atoms. The number of rotatable bonds is 11. The molecule has 16 heavy (non-hydrogen) atoms. The second-order valence-corrected chi connectivity index (χ2v) is 5.01. The van der Waals surface area contributed by atoms with Gasteiger partial charge in [0, 0.05) is 0 Å². The Morgan fingerprint density at radius 3 is 1.88 bits per heavy atom. The summed E-state index contributed by atoms with van der Waals surface area (Å²) in [7, 11) is 0. The van der Waals surface area contributed by atoms with Crippen molar-refractivity contribution in [1.29, 1.82) is 0 Å². The van der Waals surface area contributed by atoms with Gasteiger partial charge < -0.3 is 5.73 Å². The molecule has 0 aromatic heterocycles. The van der Waals surface area contributed by atoms with Gasteiger partial charge >= 0.3 is 0 Å². The first-order valence-corrected chi connectivity index (χ1v) is 7.05. The van der Waals surface area contributed by atoms with Crippen LogP contribution in [0.15, 0.2) is 0 Å². The average Bonchev–Trinajstić information content (AvgIpc) is 2.26. The Labute approximate surface area is 105 Å². The van der Waals surface area contributed by atoms with Crippen LogP contribution < -0.4 is 5.73 Å². The van der Waals surface area contributed by atoms with Gasteiger partial charge in [0.1, 0.15) is 5.38 Å². The molecule has 0 radical (unpaired) electrons. The highest BCUT2D eigenvalue weighted by Gasteiger charge is 2.09. The summed E-state index contributed by atoms with van der Waals surface area (Å²) in [6.07, 6.45) is 12.3. The lowest BCUT2D eigenvalue weighted by molar-refractivity contribution is -0.117. The first-order valence-electron chi connectivity index (χ1n) is 6.62. The Hall–Kier alpha value is -0.240. The fourth-order valence-corrected chi connectivity index (χ4v) is 1.93. The molecule has 0 aromatic rings. The van der Waals surface area contributed by atoms with E-state index in [9.17, 15) is 4.79 Å². The summed E-state index contributed by atoms with van der Waals surface area (Å²) in [5.41, 5.74) is 5.07. The molecule has 0 saturated heterocycles. The zero-order valence-electron chi connectivity index (χ0n) is 10.5. The SMILES string of the molecule is CCCCCCCCCCCC(Cl)C(N)=O. The van der Waals surface area contributed by atoms with Gasteiger partial charge in [0.05, 0.1) is 0 Å². The van der Waals surface area contributed by atoms with E-state index in [1.165, 1.54) is 51.4 Å². The number of alkyl halides is 1. The summed E-state index contributed by atoms with van der Waals surface area (Å²) >= 11 is 5.74. The maximum absolute atomic E-state index is 10.7. The largest absolute Gasteiger partial charge is 0.368 e. The first-order chi connectivity index (χ1) is 7.68. The van der Waals surface area contributed by atoms with Gasteiger partial charge in [-0.05, 0) is 6.42 Å². The maximum Gasteiger partial charge on any atom is 0.235 e. The molecular weight excluding hydrogens is 222 g/mol. The summed E-state index contributed by atoms with van der Waals surface area (Å²) in [5.74, 6) is -0.388. The van der Waals surface area contributed by atoms with E-state index >= 15 is 0 Å². The summed E-state index contributed by atoms with van der Waals surface area (Å²) in [5, 5.41) is -0.468. The Bertz CT molecular complexity index is 173. The lowest BCUT2D eigenvalue weighted by atomic mass is 10.1. The lowest BCUT2D eigenvalue weighted by Gasteiger charge is -2.04. The van der Waals surface area contributed by atoms with Gasteiger partial charge in [-0.15, -0.1) is 11.6 Å². The second-order valence-electron chi connectivity index (χ2n) is 4.49. The van der Waals surface area contributed by atoms with Crippen LogP contribution in [0.5, 0.6) is 0 Å². The number of halogens is 1. The van der Waals surface area contributed by atoms with Crippen molar-refractivity contribution in [2.75, 3.05) is 0 Å². The molecule has 1 atom stereocenters. The smallest absolute Gasteiger partial charge is 0.235 e. The van der Waals surface area contributed by atoms with E-state index in [1.807, 2.05) is 0 Å². The fourth-order valence-electron chi connectivity index (χ4n) is 1.78. The summed E-state index contributed by atoms with van der Waals surface area (Å²) in [6.45, 7) is 2.24. The first kappa shape index (κ1) is 15.8. The molecule has 0 heterocycles. The highest BCUT2D eigenvalue weighted by molar-refractivity contribution is 6.30. The van der Waals surface area contributed by atoms with Crippen molar-refractivity contribution in [1.82, 2.24) is 0 Å².